The van der Waals surface area contributed by atoms with Crippen molar-refractivity contribution in [3.63, 3.8) is 0 Å². The molecule has 0 aromatic heterocycles. The molecule has 1 aliphatic carbocycles. The van der Waals surface area contributed by atoms with Crippen molar-refractivity contribution in [2.75, 3.05) is 0 Å². The molecule has 0 heterocycles. The van der Waals surface area contributed by atoms with Crippen LogP contribution in [-0.2, 0) is 11.8 Å². The van der Waals surface area contributed by atoms with Gasteiger partial charge in [0.05, 0.1) is 0 Å². The third kappa shape index (κ3) is 4.29. The maximum atomic E-state index is 2.52. The summed E-state index contributed by atoms with van der Waals surface area (Å²) in [6.45, 7) is 11.5. The molecule has 0 heteroatoms. The summed E-state index contributed by atoms with van der Waals surface area (Å²) in [4.78, 5) is 0. The maximum absolute atomic E-state index is 2.52. The SMILES string of the molecule is CCCCCCCCCc1ccc(C)c(C2(C)c3cc(C)ccc3-c3ccc(C)cc32)c1. The van der Waals surface area contributed by atoms with E-state index in [2.05, 4.69) is 89.2 Å². The van der Waals surface area contributed by atoms with Gasteiger partial charge in [0, 0.05) is 5.41 Å². The summed E-state index contributed by atoms with van der Waals surface area (Å²) in [7, 11) is 0. The van der Waals surface area contributed by atoms with Gasteiger partial charge in [0.25, 0.3) is 0 Å². The van der Waals surface area contributed by atoms with Crippen molar-refractivity contribution in [2.24, 2.45) is 0 Å². The topological polar surface area (TPSA) is 0 Å². The molecule has 3 aromatic carbocycles. The summed E-state index contributed by atoms with van der Waals surface area (Å²) in [6, 6.07) is 21.3. The van der Waals surface area contributed by atoms with Crippen LogP contribution in [0.2, 0.25) is 0 Å². The molecule has 1 aliphatic rings. The predicted octanol–water partition coefficient (Wildman–Crippen LogP) is 9.24. The Hall–Kier alpha value is -2.34. The fourth-order valence-corrected chi connectivity index (χ4v) is 5.70. The highest BCUT2D eigenvalue weighted by Crippen LogP contribution is 2.53. The van der Waals surface area contributed by atoms with E-state index in [1.807, 2.05) is 0 Å². The van der Waals surface area contributed by atoms with Crippen LogP contribution >= 0.6 is 0 Å². The van der Waals surface area contributed by atoms with E-state index in [1.165, 1.54) is 101 Å². The fraction of sp³-hybridized carbons (Fsp3) is 0.438. The summed E-state index contributed by atoms with van der Waals surface area (Å²) in [5.41, 5.74) is 12.7. The van der Waals surface area contributed by atoms with E-state index in [1.54, 1.807) is 0 Å². The maximum Gasteiger partial charge on any atom is 0.0438 e. The molecule has 0 aliphatic heterocycles. The van der Waals surface area contributed by atoms with Crippen molar-refractivity contribution in [3.8, 4) is 11.1 Å². The summed E-state index contributed by atoms with van der Waals surface area (Å²) >= 11 is 0. The van der Waals surface area contributed by atoms with Gasteiger partial charge >= 0.3 is 0 Å². The fourth-order valence-electron chi connectivity index (χ4n) is 5.70. The quantitative estimate of drug-likeness (QED) is 0.300. The molecule has 0 saturated carbocycles. The third-order valence-corrected chi connectivity index (χ3v) is 7.63. The lowest BCUT2D eigenvalue weighted by atomic mass is 9.71. The van der Waals surface area contributed by atoms with E-state index in [0.29, 0.717) is 0 Å². The van der Waals surface area contributed by atoms with Gasteiger partial charge in [0.1, 0.15) is 0 Å². The average molecular weight is 425 g/mol. The Labute approximate surface area is 196 Å². The molecule has 0 N–H and O–H groups in total. The Balaban J connectivity index is 1.65. The van der Waals surface area contributed by atoms with Gasteiger partial charge < -0.3 is 0 Å². The Morgan fingerprint density at radius 2 is 1.16 bits per heavy atom. The minimum Gasteiger partial charge on any atom is -0.0654 e. The molecule has 0 fully saturated rings. The molecule has 0 bridgehead atoms. The first kappa shape index (κ1) is 22.8. The van der Waals surface area contributed by atoms with Crippen LogP contribution in [-0.4, -0.2) is 0 Å². The van der Waals surface area contributed by atoms with E-state index in [9.17, 15) is 0 Å². The summed E-state index contributed by atoms with van der Waals surface area (Å²) in [6.07, 6.45) is 10.8. The zero-order valence-corrected chi connectivity index (χ0v) is 20.9. The number of unbranched alkanes of at least 4 members (excludes halogenated alkanes) is 6. The Morgan fingerprint density at radius 3 is 1.75 bits per heavy atom. The van der Waals surface area contributed by atoms with Crippen LogP contribution in [0.4, 0.5) is 0 Å². The number of hydrogen-bond acceptors (Lipinski definition) is 0. The molecule has 0 radical (unpaired) electrons. The molecular formula is C32H40. The highest BCUT2D eigenvalue weighted by molar-refractivity contribution is 5.84. The van der Waals surface area contributed by atoms with Crippen molar-refractivity contribution in [2.45, 2.75) is 91.4 Å². The van der Waals surface area contributed by atoms with Crippen LogP contribution < -0.4 is 0 Å². The molecule has 0 spiro atoms. The molecule has 0 unspecified atom stereocenters. The number of rotatable bonds is 9. The highest BCUT2D eigenvalue weighted by Gasteiger charge is 2.41. The predicted molar refractivity (Wildman–Crippen MR) is 140 cm³/mol. The zero-order valence-electron chi connectivity index (χ0n) is 20.9. The molecule has 32 heavy (non-hydrogen) atoms. The third-order valence-electron chi connectivity index (χ3n) is 7.63. The smallest absolute Gasteiger partial charge is 0.0438 e. The molecule has 3 aromatic rings. The average Bonchev–Trinajstić information content (AvgIpc) is 3.02. The minimum absolute atomic E-state index is 0.0943. The molecule has 4 rings (SSSR count). The summed E-state index contributed by atoms with van der Waals surface area (Å²) in [5, 5.41) is 0. The Morgan fingerprint density at radius 1 is 0.594 bits per heavy atom. The first-order valence-corrected chi connectivity index (χ1v) is 12.8. The Bertz CT molecular complexity index is 1030. The van der Waals surface area contributed by atoms with Gasteiger partial charge in [0.15, 0.2) is 0 Å². The summed E-state index contributed by atoms with van der Waals surface area (Å²) < 4.78 is 0. The summed E-state index contributed by atoms with van der Waals surface area (Å²) in [5.74, 6) is 0. The lowest BCUT2D eigenvalue weighted by Gasteiger charge is -2.31. The van der Waals surface area contributed by atoms with Crippen LogP contribution in [0, 0.1) is 20.8 Å². The van der Waals surface area contributed by atoms with E-state index < -0.39 is 0 Å². The molecule has 168 valence electrons. The van der Waals surface area contributed by atoms with Crippen molar-refractivity contribution < 1.29 is 0 Å². The lowest BCUT2D eigenvalue weighted by Crippen LogP contribution is -2.24. The number of benzene rings is 3. The van der Waals surface area contributed by atoms with Crippen LogP contribution in [0.5, 0.6) is 0 Å². The standard InChI is InChI=1S/C32H40/c1-6-7-8-9-10-11-12-13-26-17-16-25(4)29(22-26)32(5)30-20-23(2)14-18-27(30)28-19-15-24(3)21-31(28)32/h14-22H,6-13H2,1-5H3. The molecule has 0 amide bonds. The van der Waals surface area contributed by atoms with Gasteiger partial charge in [-0.3, -0.25) is 0 Å². The van der Waals surface area contributed by atoms with Crippen molar-refractivity contribution >= 4 is 0 Å². The monoisotopic (exact) mass is 424 g/mol. The van der Waals surface area contributed by atoms with Gasteiger partial charge in [0.2, 0.25) is 0 Å². The van der Waals surface area contributed by atoms with E-state index in [4.69, 9.17) is 0 Å². The number of fused-ring (bicyclic) bond motifs is 3. The minimum atomic E-state index is -0.0943. The van der Waals surface area contributed by atoms with Crippen LogP contribution in [0.3, 0.4) is 0 Å². The first-order valence-electron chi connectivity index (χ1n) is 12.8. The second-order valence-electron chi connectivity index (χ2n) is 10.2. The van der Waals surface area contributed by atoms with Gasteiger partial charge in [-0.05, 0) is 79.5 Å². The zero-order chi connectivity index (χ0) is 22.7. The van der Waals surface area contributed by atoms with Crippen LogP contribution in [0.15, 0.2) is 54.6 Å². The first-order chi connectivity index (χ1) is 15.4. The normalized spacial score (nSPS) is 13.8. The van der Waals surface area contributed by atoms with Crippen molar-refractivity contribution in [1.29, 1.82) is 0 Å². The highest BCUT2D eigenvalue weighted by atomic mass is 14.4. The van der Waals surface area contributed by atoms with Gasteiger partial charge in [-0.15, -0.1) is 0 Å². The van der Waals surface area contributed by atoms with Crippen molar-refractivity contribution in [1.82, 2.24) is 0 Å². The van der Waals surface area contributed by atoms with Crippen molar-refractivity contribution in [3.05, 3.63) is 93.5 Å². The lowest BCUT2D eigenvalue weighted by molar-refractivity contribution is 0.589. The molecular weight excluding hydrogens is 384 g/mol. The van der Waals surface area contributed by atoms with Gasteiger partial charge in [-0.1, -0.05) is 111 Å². The second kappa shape index (κ2) is 9.65. The molecule has 0 nitrogen and oxygen atoms in total. The van der Waals surface area contributed by atoms with Crippen LogP contribution in [0.1, 0.15) is 97.7 Å². The van der Waals surface area contributed by atoms with E-state index >= 15 is 0 Å². The number of aryl methyl sites for hydroxylation is 4. The van der Waals surface area contributed by atoms with E-state index in [0.717, 1.165) is 0 Å². The second-order valence-corrected chi connectivity index (χ2v) is 10.2. The van der Waals surface area contributed by atoms with Crippen LogP contribution in [0.25, 0.3) is 11.1 Å². The molecule has 0 saturated heterocycles. The van der Waals surface area contributed by atoms with Gasteiger partial charge in [-0.25, -0.2) is 0 Å². The number of hydrogen-bond donors (Lipinski definition) is 0. The van der Waals surface area contributed by atoms with E-state index in [-0.39, 0.29) is 5.41 Å². The Kier molecular flexibility index (Phi) is 6.89. The van der Waals surface area contributed by atoms with Gasteiger partial charge in [-0.2, -0.15) is 0 Å². The molecule has 0 atom stereocenters. The largest absolute Gasteiger partial charge is 0.0654 e.